The smallest absolute Gasteiger partial charge is 0.127 e. The van der Waals surface area contributed by atoms with Crippen LogP contribution in [-0.4, -0.2) is 69.3 Å². The largest absolute Gasteiger partial charge is 0.497 e. The topological polar surface area (TPSA) is 37.0 Å². The zero-order chi connectivity index (χ0) is 17.6. The Bertz CT molecular complexity index is 546. The highest BCUT2D eigenvalue weighted by molar-refractivity contribution is 5.43. The summed E-state index contributed by atoms with van der Waals surface area (Å²) in [5.41, 5.74) is 1.29. The molecular formula is C20H33N3O2. The predicted molar refractivity (Wildman–Crippen MR) is 102 cm³/mol. The third kappa shape index (κ3) is 4.27. The van der Waals surface area contributed by atoms with Gasteiger partial charge in [0.2, 0.25) is 0 Å². The van der Waals surface area contributed by atoms with E-state index in [9.17, 15) is 0 Å². The predicted octanol–water partition coefficient (Wildman–Crippen LogP) is 2.52. The molecule has 2 heterocycles. The molecule has 0 aromatic heterocycles. The number of hydrogen-bond acceptors (Lipinski definition) is 5. The minimum atomic E-state index is 0.367. The third-order valence-electron chi connectivity index (χ3n) is 5.70. The molecule has 5 heteroatoms. The van der Waals surface area contributed by atoms with E-state index in [0.717, 1.165) is 37.7 Å². The molecule has 0 radical (unpaired) electrons. The molecule has 0 saturated carbocycles. The lowest BCUT2D eigenvalue weighted by Crippen LogP contribution is -2.54. The van der Waals surface area contributed by atoms with Gasteiger partial charge in [0, 0.05) is 43.9 Å². The van der Waals surface area contributed by atoms with Crippen LogP contribution in [0.2, 0.25) is 0 Å². The molecule has 2 saturated heterocycles. The van der Waals surface area contributed by atoms with E-state index in [1.807, 2.05) is 6.07 Å². The summed E-state index contributed by atoms with van der Waals surface area (Å²) >= 11 is 0. The van der Waals surface area contributed by atoms with E-state index in [0.29, 0.717) is 12.1 Å². The normalized spacial score (nSPS) is 23.6. The monoisotopic (exact) mass is 347 g/mol. The first-order valence-electron chi connectivity index (χ1n) is 9.67. The molecule has 0 spiro atoms. The van der Waals surface area contributed by atoms with Crippen molar-refractivity contribution in [2.75, 3.05) is 53.5 Å². The van der Waals surface area contributed by atoms with E-state index in [1.54, 1.807) is 14.2 Å². The molecule has 5 nitrogen and oxygen atoms in total. The van der Waals surface area contributed by atoms with Crippen LogP contribution in [0.4, 0.5) is 0 Å². The number of rotatable bonds is 7. The van der Waals surface area contributed by atoms with Crippen molar-refractivity contribution in [3.8, 4) is 11.5 Å². The van der Waals surface area contributed by atoms with Crippen LogP contribution in [0.15, 0.2) is 18.2 Å². The molecule has 1 aromatic rings. The minimum absolute atomic E-state index is 0.367. The second kappa shape index (κ2) is 8.88. The lowest BCUT2D eigenvalue weighted by Gasteiger charge is -2.43. The van der Waals surface area contributed by atoms with Gasteiger partial charge in [-0.2, -0.15) is 0 Å². The highest BCUT2D eigenvalue weighted by atomic mass is 16.5. The van der Waals surface area contributed by atoms with Crippen LogP contribution in [0.25, 0.3) is 0 Å². The van der Waals surface area contributed by atoms with Crippen LogP contribution in [0.1, 0.15) is 37.8 Å². The van der Waals surface area contributed by atoms with Gasteiger partial charge < -0.3 is 19.7 Å². The fourth-order valence-corrected chi connectivity index (χ4v) is 4.25. The van der Waals surface area contributed by atoms with Gasteiger partial charge in [-0.25, -0.2) is 0 Å². The fraction of sp³-hybridized carbons (Fsp3) is 0.700. The lowest BCUT2D eigenvalue weighted by molar-refractivity contribution is 0.0784. The van der Waals surface area contributed by atoms with Crippen LogP contribution in [0.3, 0.4) is 0 Å². The summed E-state index contributed by atoms with van der Waals surface area (Å²) in [5.74, 6) is 1.80. The number of likely N-dealkylation sites (tertiary alicyclic amines) is 1. The van der Waals surface area contributed by atoms with Gasteiger partial charge in [0.05, 0.1) is 20.3 Å². The first-order chi connectivity index (χ1) is 12.3. The Hall–Kier alpha value is -1.30. The van der Waals surface area contributed by atoms with Crippen molar-refractivity contribution in [2.24, 2.45) is 0 Å². The number of nitrogens with one attached hydrogen (secondary N) is 1. The molecule has 140 valence electrons. The van der Waals surface area contributed by atoms with Gasteiger partial charge in [-0.3, -0.25) is 4.90 Å². The molecule has 2 atom stereocenters. The second-order valence-corrected chi connectivity index (χ2v) is 7.14. The van der Waals surface area contributed by atoms with Gasteiger partial charge in [-0.05, 0) is 38.4 Å². The van der Waals surface area contributed by atoms with Gasteiger partial charge in [0.1, 0.15) is 11.5 Å². The molecule has 2 aliphatic rings. The second-order valence-electron chi connectivity index (χ2n) is 7.14. The van der Waals surface area contributed by atoms with Gasteiger partial charge in [-0.15, -0.1) is 0 Å². The van der Waals surface area contributed by atoms with E-state index in [4.69, 9.17) is 9.47 Å². The Morgan fingerprint density at radius 2 is 1.96 bits per heavy atom. The average molecular weight is 348 g/mol. The summed E-state index contributed by atoms with van der Waals surface area (Å²) in [4.78, 5) is 5.31. The molecule has 1 aromatic carbocycles. The molecule has 2 unspecified atom stereocenters. The summed E-state index contributed by atoms with van der Waals surface area (Å²) in [6, 6.07) is 7.24. The summed E-state index contributed by atoms with van der Waals surface area (Å²) < 4.78 is 11.2. The van der Waals surface area contributed by atoms with Crippen molar-refractivity contribution in [1.82, 2.24) is 15.1 Å². The maximum absolute atomic E-state index is 5.75. The molecule has 0 bridgehead atoms. The molecule has 0 amide bonds. The number of piperazine rings is 1. The fourth-order valence-electron chi connectivity index (χ4n) is 4.25. The van der Waals surface area contributed by atoms with E-state index in [2.05, 4.69) is 34.2 Å². The van der Waals surface area contributed by atoms with Crippen molar-refractivity contribution in [3.05, 3.63) is 23.8 Å². The quantitative estimate of drug-likeness (QED) is 0.820. The Labute approximate surface area is 152 Å². The van der Waals surface area contributed by atoms with Crippen LogP contribution in [0, 0.1) is 0 Å². The van der Waals surface area contributed by atoms with E-state index >= 15 is 0 Å². The highest BCUT2D eigenvalue weighted by Gasteiger charge is 2.32. The molecule has 0 aliphatic carbocycles. The number of hydrogen-bond donors (Lipinski definition) is 1. The lowest BCUT2D eigenvalue weighted by atomic mass is 9.98. The molecular weight excluding hydrogens is 314 g/mol. The van der Waals surface area contributed by atoms with Gasteiger partial charge >= 0.3 is 0 Å². The van der Waals surface area contributed by atoms with Crippen LogP contribution in [0.5, 0.6) is 11.5 Å². The number of nitrogens with zero attached hydrogens (tertiary/aromatic N) is 2. The van der Waals surface area contributed by atoms with Crippen LogP contribution in [-0.2, 0) is 0 Å². The number of benzene rings is 1. The Balaban J connectivity index is 1.92. The Kier molecular flexibility index (Phi) is 6.57. The van der Waals surface area contributed by atoms with Crippen molar-refractivity contribution in [3.63, 3.8) is 0 Å². The maximum atomic E-state index is 5.75. The summed E-state index contributed by atoms with van der Waals surface area (Å²) in [6.45, 7) is 9.04. The van der Waals surface area contributed by atoms with E-state index in [-0.39, 0.29) is 0 Å². The number of ether oxygens (including phenoxy) is 2. The van der Waals surface area contributed by atoms with Crippen LogP contribution < -0.4 is 14.8 Å². The van der Waals surface area contributed by atoms with Crippen LogP contribution >= 0.6 is 0 Å². The van der Waals surface area contributed by atoms with Crippen molar-refractivity contribution < 1.29 is 9.47 Å². The van der Waals surface area contributed by atoms with Crippen molar-refractivity contribution in [1.29, 1.82) is 0 Å². The Morgan fingerprint density at radius 3 is 2.64 bits per heavy atom. The minimum Gasteiger partial charge on any atom is -0.497 e. The van der Waals surface area contributed by atoms with E-state index in [1.165, 1.54) is 37.9 Å². The van der Waals surface area contributed by atoms with Gasteiger partial charge in [0.25, 0.3) is 0 Å². The summed E-state index contributed by atoms with van der Waals surface area (Å²) in [7, 11) is 3.47. The van der Waals surface area contributed by atoms with Crippen molar-refractivity contribution in [2.45, 2.75) is 38.3 Å². The van der Waals surface area contributed by atoms with Crippen molar-refractivity contribution >= 4 is 0 Å². The average Bonchev–Trinajstić information content (AvgIpc) is 3.19. The first-order valence-corrected chi connectivity index (χ1v) is 9.67. The molecule has 25 heavy (non-hydrogen) atoms. The molecule has 2 fully saturated rings. The molecule has 2 aliphatic heterocycles. The van der Waals surface area contributed by atoms with Gasteiger partial charge in [0.15, 0.2) is 0 Å². The SMILES string of the molecule is CCC1CNCCN1C(CN1CCCC1)c1ccc(OC)cc1OC. The summed E-state index contributed by atoms with van der Waals surface area (Å²) in [6.07, 6.45) is 3.82. The molecule has 3 rings (SSSR count). The van der Waals surface area contributed by atoms with E-state index < -0.39 is 0 Å². The summed E-state index contributed by atoms with van der Waals surface area (Å²) in [5, 5.41) is 3.56. The highest BCUT2D eigenvalue weighted by Crippen LogP contribution is 2.35. The number of methoxy groups -OCH3 is 2. The third-order valence-corrected chi connectivity index (χ3v) is 5.70. The Morgan fingerprint density at radius 1 is 1.16 bits per heavy atom. The van der Waals surface area contributed by atoms with Gasteiger partial charge in [-0.1, -0.05) is 13.0 Å². The zero-order valence-corrected chi connectivity index (χ0v) is 16.0. The maximum Gasteiger partial charge on any atom is 0.127 e. The zero-order valence-electron chi connectivity index (χ0n) is 16.0. The molecule has 1 N–H and O–H groups in total. The first kappa shape index (κ1) is 18.5. The standard InChI is InChI=1S/C20H33N3O2/c1-4-16-14-21-9-12-23(16)19(15-22-10-5-6-11-22)18-8-7-17(24-2)13-20(18)25-3/h7-8,13,16,19,21H,4-6,9-12,14-15H2,1-3H3.